The molecule has 0 spiro atoms. The summed E-state index contributed by atoms with van der Waals surface area (Å²) in [5.41, 5.74) is -1.12. The number of methoxy groups -OCH3 is 1. The van der Waals surface area contributed by atoms with Crippen molar-refractivity contribution < 1.29 is 22.7 Å². The normalized spacial score (nSPS) is 11.4. The Morgan fingerprint density at radius 2 is 2.00 bits per heavy atom. The monoisotopic (exact) mass is 286 g/mol. The van der Waals surface area contributed by atoms with Gasteiger partial charge in [-0.3, -0.25) is 4.79 Å². The summed E-state index contributed by atoms with van der Waals surface area (Å²) in [6.45, 7) is 0. The Balaban J connectivity index is 3.43. The lowest BCUT2D eigenvalue weighted by molar-refractivity contribution is -0.137. The maximum absolute atomic E-state index is 12.5. The third kappa shape index (κ3) is 2.84. The second-order valence-corrected chi connectivity index (χ2v) is 3.71. The molecule has 94 valence electrons. The minimum atomic E-state index is -4.60. The lowest BCUT2D eigenvalue weighted by Gasteiger charge is -2.14. The van der Waals surface area contributed by atoms with Crippen LogP contribution in [0.15, 0.2) is 12.1 Å². The van der Waals surface area contributed by atoms with E-state index in [1.54, 1.807) is 0 Å². The van der Waals surface area contributed by atoms with Crippen LogP contribution in [0.25, 0.3) is 0 Å². The number of alkyl halides is 4. The summed E-state index contributed by atoms with van der Waals surface area (Å²) in [4.78, 5) is 11.4. The molecule has 1 rings (SSSR count). The Bertz CT molecular complexity index is 444. The lowest BCUT2D eigenvalue weighted by atomic mass is 10.1. The number of carbonyl (C=O) groups is 1. The lowest BCUT2D eigenvalue weighted by Crippen LogP contribution is -2.10. The molecule has 0 aliphatic carbocycles. The molecule has 1 aromatic carbocycles. The molecule has 0 bridgehead atoms. The molecule has 0 amide bonds. The average molecular weight is 287 g/mol. The molecule has 0 aliphatic heterocycles. The van der Waals surface area contributed by atoms with Crippen molar-refractivity contribution in [2.75, 3.05) is 13.0 Å². The molecule has 0 aromatic heterocycles. The zero-order valence-corrected chi connectivity index (χ0v) is 10.1. The largest absolute Gasteiger partial charge is 0.494 e. The van der Waals surface area contributed by atoms with Crippen molar-refractivity contribution in [2.45, 2.75) is 6.18 Å². The van der Waals surface area contributed by atoms with Gasteiger partial charge in [0, 0.05) is 0 Å². The first-order chi connectivity index (χ1) is 7.82. The molecule has 0 saturated carbocycles. The molecular formula is C10H7Cl2F3O2. The molecule has 0 saturated heterocycles. The minimum absolute atomic E-state index is 0.0690. The summed E-state index contributed by atoms with van der Waals surface area (Å²) >= 11 is 10.9. The van der Waals surface area contributed by atoms with E-state index in [4.69, 9.17) is 27.9 Å². The quantitative estimate of drug-likeness (QED) is 0.624. The zero-order valence-electron chi connectivity index (χ0n) is 8.57. The van der Waals surface area contributed by atoms with Crippen LogP contribution in [0.4, 0.5) is 13.2 Å². The van der Waals surface area contributed by atoms with Crippen LogP contribution in [0, 0.1) is 0 Å². The number of ketones is 1. The first kappa shape index (κ1) is 14.1. The number of Topliss-reactive ketones (excluding diaryl/α,β-unsaturated/α-hetero) is 1. The van der Waals surface area contributed by atoms with Crippen LogP contribution in [-0.4, -0.2) is 18.8 Å². The Hall–Kier alpha value is -0.940. The highest BCUT2D eigenvalue weighted by atomic mass is 35.5. The van der Waals surface area contributed by atoms with Gasteiger partial charge in [0.15, 0.2) is 5.78 Å². The van der Waals surface area contributed by atoms with Gasteiger partial charge in [-0.25, -0.2) is 0 Å². The smallest absolute Gasteiger partial charge is 0.417 e. The van der Waals surface area contributed by atoms with Crippen LogP contribution in [0.2, 0.25) is 5.02 Å². The standard InChI is InChI=1S/C10H7Cl2F3O2/c1-17-9-5(7(16)4-11)2-3-6(8(9)12)10(13,14)15/h2-3H,4H2,1H3. The Morgan fingerprint density at radius 1 is 1.41 bits per heavy atom. The van der Waals surface area contributed by atoms with Gasteiger partial charge >= 0.3 is 6.18 Å². The van der Waals surface area contributed by atoms with E-state index in [2.05, 4.69) is 0 Å². The summed E-state index contributed by atoms with van der Waals surface area (Å²) in [7, 11) is 1.13. The molecule has 7 heteroatoms. The van der Waals surface area contributed by atoms with Gasteiger partial charge in [0.25, 0.3) is 0 Å². The van der Waals surface area contributed by atoms with Gasteiger partial charge in [-0.1, -0.05) is 11.6 Å². The predicted molar refractivity (Wildman–Crippen MR) is 58.1 cm³/mol. The summed E-state index contributed by atoms with van der Waals surface area (Å²) in [6.07, 6.45) is -4.60. The number of halogens is 5. The first-order valence-corrected chi connectivity index (χ1v) is 5.27. The van der Waals surface area contributed by atoms with Gasteiger partial charge in [-0.05, 0) is 12.1 Å². The average Bonchev–Trinajstić information content (AvgIpc) is 2.25. The number of hydrogen-bond acceptors (Lipinski definition) is 2. The molecular weight excluding hydrogens is 280 g/mol. The Morgan fingerprint density at radius 3 is 2.41 bits per heavy atom. The number of rotatable bonds is 3. The fourth-order valence-corrected chi connectivity index (χ4v) is 1.76. The zero-order chi connectivity index (χ0) is 13.2. The van der Waals surface area contributed by atoms with Gasteiger partial charge in [0.05, 0.1) is 29.1 Å². The van der Waals surface area contributed by atoms with Crippen molar-refractivity contribution in [1.29, 1.82) is 0 Å². The molecule has 17 heavy (non-hydrogen) atoms. The molecule has 0 N–H and O–H groups in total. The van der Waals surface area contributed by atoms with E-state index < -0.39 is 22.5 Å². The Labute approximate surface area is 105 Å². The highest BCUT2D eigenvalue weighted by molar-refractivity contribution is 6.35. The van der Waals surface area contributed by atoms with Crippen molar-refractivity contribution in [3.63, 3.8) is 0 Å². The summed E-state index contributed by atoms with van der Waals surface area (Å²) in [6, 6.07) is 1.73. The Kier molecular flexibility index (Phi) is 4.27. The molecule has 0 radical (unpaired) electrons. The summed E-state index contributed by atoms with van der Waals surface area (Å²) < 4.78 is 42.3. The van der Waals surface area contributed by atoms with E-state index in [-0.39, 0.29) is 17.2 Å². The maximum Gasteiger partial charge on any atom is 0.417 e. The summed E-state index contributed by atoms with van der Waals surface area (Å²) in [5.74, 6) is -1.23. The van der Waals surface area contributed by atoms with E-state index in [1.165, 1.54) is 0 Å². The number of hydrogen-bond donors (Lipinski definition) is 0. The van der Waals surface area contributed by atoms with E-state index >= 15 is 0 Å². The summed E-state index contributed by atoms with van der Waals surface area (Å²) in [5, 5.41) is -0.643. The van der Waals surface area contributed by atoms with Crippen LogP contribution >= 0.6 is 23.2 Å². The third-order valence-corrected chi connectivity index (χ3v) is 2.65. The van der Waals surface area contributed by atoms with Crippen molar-refractivity contribution in [1.82, 2.24) is 0 Å². The third-order valence-electron chi connectivity index (χ3n) is 2.03. The SMILES string of the molecule is COc1c(C(=O)CCl)ccc(C(F)(F)F)c1Cl. The molecule has 0 atom stereocenters. The van der Waals surface area contributed by atoms with E-state index in [0.717, 1.165) is 19.2 Å². The van der Waals surface area contributed by atoms with Gasteiger partial charge in [0.1, 0.15) is 5.75 Å². The number of carbonyl (C=O) groups excluding carboxylic acids is 1. The van der Waals surface area contributed by atoms with Gasteiger partial charge < -0.3 is 4.74 Å². The van der Waals surface area contributed by atoms with E-state index in [0.29, 0.717) is 0 Å². The van der Waals surface area contributed by atoms with Crippen LogP contribution in [0.1, 0.15) is 15.9 Å². The van der Waals surface area contributed by atoms with E-state index in [1.807, 2.05) is 0 Å². The van der Waals surface area contributed by atoms with Crippen LogP contribution < -0.4 is 4.74 Å². The molecule has 0 aliphatic rings. The number of ether oxygens (including phenoxy) is 1. The topological polar surface area (TPSA) is 26.3 Å². The molecule has 0 fully saturated rings. The fraction of sp³-hybridized carbons (Fsp3) is 0.300. The second-order valence-electron chi connectivity index (χ2n) is 3.06. The van der Waals surface area contributed by atoms with Crippen molar-refractivity contribution in [3.8, 4) is 5.75 Å². The van der Waals surface area contributed by atoms with Crippen molar-refractivity contribution in [2.24, 2.45) is 0 Å². The molecule has 0 unspecified atom stereocenters. The van der Waals surface area contributed by atoms with E-state index in [9.17, 15) is 18.0 Å². The molecule has 0 heterocycles. The van der Waals surface area contributed by atoms with Crippen LogP contribution in [0.3, 0.4) is 0 Å². The second kappa shape index (κ2) is 5.14. The highest BCUT2D eigenvalue weighted by Gasteiger charge is 2.35. The molecule has 2 nitrogen and oxygen atoms in total. The first-order valence-electron chi connectivity index (χ1n) is 4.35. The molecule has 1 aromatic rings. The van der Waals surface area contributed by atoms with Crippen molar-refractivity contribution >= 4 is 29.0 Å². The maximum atomic E-state index is 12.5. The van der Waals surface area contributed by atoms with Gasteiger partial charge in [0.2, 0.25) is 0 Å². The number of benzene rings is 1. The predicted octanol–water partition coefficient (Wildman–Crippen LogP) is 3.79. The van der Waals surface area contributed by atoms with Crippen LogP contribution in [0.5, 0.6) is 5.75 Å². The van der Waals surface area contributed by atoms with Crippen molar-refractivity contribution in [3.05, 3.63) is 28.3 Å². The van der Waals surface area contributed by atoms with Crippen LogP contribution in [-0.2, 0) is 6.18 Å². The fourth-order valence-electron chi connectivity index (χ4n) is 1.27. The van der Waals surface area contributed by atoms with Gasteiger partial charge in [-0.15, -0.1) is 11.6 Å². The van der Waals surface area contributed by atoms with Gasteiger partial charge in [-0.2, -0.15) is 13.2 Å². The highest BCUT2D eigenvalue weighted by Crippen LogP contribution is 2.41. The minimum Gasteiger partial charge on any atom is -0.494 e.